The van der Waals surface area contributed by atoms with E-state index in [1.807, 2.05) is 31.7 Å². The number of aryl methyl sites for hydroxylation is 1. The summed E-state index contributed by atoms with van der Waals surface area (Å²) in [7, 11) is 1.91. The first-order valence-corrected chi connectivity index (χ1v) is 8.41. The van der Waals surface area contributed by atoms with Crippen LogP contribution in [0.1, 0.15) is 12.8 Å². The van der Waals surface area contributed by atoms with E-state index >= 15 is 0 Å². The van der Waals surface area contributed by atoms with Crippen molar-refractivity contribution in [2.75, 3.05) is 5.32 Å². The SMILES string of the molecule is Cn1cc(-c2csc(-c3cncc(NC(=O)C4CC4)c3)c2)cn1. The fourth-order valence-electron chi connectivity index (χ4n) is 2.44. The Morgan fingerprint density at radius 2 is 2.09 bits per heavy atom. The smallest absolute Gasteiger partial charge is 0.227 e. The summed E-state index contributed by atoms with van der Waals surface area (Å²) in [6.07, 6.45) is 9.37. The molecule has 0 unspecified atom stereocenters. The molecule has 0 atom stereocenters. The molecule has 0 aliphatic heterocycles. The van der Waals surface area contributed by atoms with Crippen molar-refractivity contribution in [3.05, 3.63) is 42.3 Å². The van der Waals surface area contributed by atoms with Gasteiger partial charge >= 0.3 is 0 Å². The number of carbonyl (C=O) groups is 1. The Labute approximate surface area is 138 Å². The molecule has 3 heterocycles. The van der Waals surface area contributed by atoms with Crippen LogP contribution in [0.15, 0.2) is 42.3 Å². The molecule has 1 amide bonds. The van der Waals surface area contributed by atoms with E-state index in [9.17, 15) is 4.79 Å². The fourth-order valence-corrected chi connectivity index (χ4v) is 3.34. The number of pyridine rings is 1. The number of aromatic nitrogens is 3. The van der Waals surface area contributed by atoms with Crippen LogP contribution in [0.5, 0.6) is 0 Å². The van der Waals surface area contributed by atoms with E-state index in [-0.39, 0.29) is 11.8 Å². The first-order chi connectivity index (χ1) is 11.2. The van der Waals surface area contributed by atoms with Crippen LogP contribution in [0.25, 0.3) is 21.6 Å². The molecular weight excluding hydrogens is 308 g/mol. The highest BCUT2D eigenvalue weighted by atomic mass is 32.1. The van der Waals surface area contributed by atoms with Gasteiger partial charge in [0.25, 0.3) is 0 Å². The van der Waals surface area contributed by atoms with Crippen molar-refractivity contribution >= 4 is 22.9 Å². The highest BCUT2D eigenvalue weighted by Gasteiger charge is 2.29. The van der Waals surface area contributed by atoms with E-state index in [0.717, 1.165) is 40.1 Å². The molecule has 4 rings (SSSR count). The molecular formula is C17H16N4OS. The maximum atomic E-state index is 11.9. The van der Waals surface area contributed by atoms with Gasteiger partial charge in [-0.25, -0.2) is 0 Å². The van der Waals surface area contributed by atoms with Gasteiger partial charge in [0.1, 0.15) is 0 Å². The predicted molar refractivity (Wildman–Crippen MR) is 91.1 cm³/mol. The summed E-state index contributed by atoms with van der Waals surface area (Å²) in [6, 6.07) is 4.11. The van der Waals surface area contributed by atoms with E-state index in [2.05, 4.69) is 26.8 Å². The molecule has 116 valence electrons. The van der Waals surface area contributed by atoms with Crippen LogP contribution in [0.3, 0.4) is 0 Å². The number of hydrogen-bond acceptors (Lipinski definition) is 4. The Morgan fingerprint density at radius 3 is 2.83 bits per heavy atom. The largest absolute Gasteiger partial charge is 0.324 e. The van der Waals surface area contributed by atoms with Gasteiger partial charge in [-0.2, -0.15) is 5.10 Å². The molecule has 0 bridgehead atoms. The minimum Gasteiger partial charge on any atom is -0.324 e. The lowest BCUT2D eigenvalue weighted by molar-refractivity contribution is -0.117. The summed E-state index contributed by atoms with van der Waals surface area (Å²) in [5, 5.41) is 9.26. The normalized spacial score (nSPS) is 14.0. The third-order valence-electron chi connectivity index (χ3n) is 3.88. The number of rotatable bonds is 4. The number of amides is 1. The number of anilines is 1. The van der Waals surface area contributed by atoms with Crippen molar-refractivity contribution in [1.82, 2.24) is 14.8 Å². The van der Waals surface area contributed by atoms with Gasteiger partial charge in [-0.3, -0.25) is 14.5 Å². The Hall–Kier alpha value is -2.47. The lowest BCUT2D eigenvalue weighted by Gasteiger charge is -2.05. The zero-order valence-electron chi connectivity index (χ0n) is 12.7. The van der Waals surface area contributed by atoms with Gasteiger partial charge in [0.2, 0.25) is 5.91 Å². The van der Waals surface area contributed by atoms with Gasteiger partial charge in [-0.15, -0.1) is 11.3 Å². The van der Waals surface area contributed by atoms with Crippen molar-refractivity contribution in [3.63, 3.8) is 0 Å². The Kier molecular flexibility index (Phi) is 3.46. The molecule has 23 heavy (non-hydrogen) atoms. The van der Waals surface area contributed by atoms with Crippen LogP contribution in [0, 0.1) is 5.92 Å². The number of thiophene rings is 1. The van der Waals surface area contributed by atoms with Gasteiger partial charge in [0.15, 0.2) is 0 Å². The Morgan fingerprint density at radius 1 is 1.22 bits per heavy atom. The number of nitrogens with zero attached hydrogens (tertiary/aromatic N) is 3. The van der Waals surface area contributed by atoms with Gasteiger partial charge in [0.05, 0.1) is 18.1 Å². The second-order valence-electron chi connectivity index (χ2n) is 5.83. The fraction of sp³-hybridized carbons (Fsp3) is 0.235. The Bertz CT molecular complexity index is 863. The van der Waals surface area contributed by atoms with E-state index in [0.29, 0.717) is 0 Å². The number of hydrogen-bond donors (Lipinski definition) is 1. The molecule has 1 fully saturated rings. The third-order valence-corrected chi connectivity index (χ3v) is 4.86. The van der Waals surface area contributed by atoms with Gasteiger partial charge in [-0.05, 0) is 35.9 Å². The lowest BCUT2D eigenvalue weighted by Crippen LogP contribution is -2.13. The van der Waals surface area contributed by atoms with Crippen LogP contribution in [0.4, 0.5) is 5.69 Å². The zero-order chi connectivity index (χ0) is 15.8. The molecule has 6 heteroatoms. The first-order valence-electron chi connectivity index (χ1n) is 7.53. The highest BCUT2D eigenvalue weighted by molar-refractivity contribution is 7.14. The summed E-state index contributed by atoms with van der Waals surface area (Å²) in [6.45, 7) is 0. The van der Waals surface area contributed by atoms with Crippen LogP contribution < -0.4 is 5.32 Å². The highest BCUT2D eigenvalue weighted by Crippen LogP contribution is 2.34. The van der Waals surface area contributed by atoms with E-state index in [4.69, 9.17) is 0 Å². The molecule has 1 aliphatic rings. The maximum absolute atomic E-state index is 11.9. The van der Waals surface area contributed by atoms with Crippen LogP contribution in [-0.2, 0) is 11.8 Å². The van der Waals surface area contributed by atoms with Gasteiger partial charge in [-0.1, -0.05) is 0 Å². The van der Waals surface area contributed by atoms with Gasteiger partial charge < -0.3 is 5.32 Å². The molecule has 1 N–H and O–H groups in total. The molecule has 5 nitrogen and oxygen atoms in total. The number of carbonyl (C=O) groups excluding carboxylic acids is 1. The molecule has 1 saturated carbocycles. The van der Waals surface area contributed by atoms with Crippen molar-refractivity contribution in [3.8, 4) is 21.6 Å². The van der Waals surface area contributed by atoms with Crippen LogP contribution >= 0.6 is 11.3 Å². The minimum atomic E-state index is 0.103. The topological polar surface area (TPSA) is 59.8 Å². The average molecular weight is 324 g/mol. The maximum Gasteiger partial charge on any atom is 0.227 e. The zero-order valence-corrected chi connectivity index (χ0v) is 13.5. The van der Waals surface area contributed by atoms with Gasteiger partial charge in [0, 0.05) is 41.4 Å². The summed E-state index contributed by atoms with van der Waals surface area (Å²) in [5.74, 6) is 0.295. The summed E-state index contributed by atoms with van der Waals surface area (Å²) >= 11 is 1.66. The molecule has 3 aromatic rings. The summed E-state index contributed by atoms with van der Waals surface area (Å²) in [4.78, 5) is 17.2. The lowest BCUT2D eigenvalue weighted by atomic mass is 10.1. The average Bonchev–Trinajstić information content (AvgIpc) is 3.13. The molecule has 0 radical (unpaired) electrons. The molecule has 0 spiro atoms. The third kappa shape index (κ3) is 3.03. The number of nitrogens with one attached hydrogen (secondary N) is 1. The quantitative estimate of drug-likeness (QED) is 0.798. The van der Waals surface area contributed by atoms with Crippen molar-refractivity contribution < 1.29 is 4.79 Å². The second kappa shape index (κ2) is 5.62. The van der Waals surface area contributed by atoms with Crippen molar-refractivity contribution in [1.29, 1.82) is 0 Å². The standard InChI is InChI=1S/C17H16N4OS/c1-21-9-14(7-19-21)13-5-16(23-10-13)12-4-15(8-18-6-12)20-17(22)11-2-3-11/h4-11H,2-3H2,1H3,(H,20,22). The monoisotopic (exact) mass is 324 g/mol. The molecule has 0 saturated heterocycles. The summed E-state index contributed by atoms with van der Waals surface area (Å²) < 4.78 is 1.79. The van der Waals surface area contributed by atoms with E-state index < -0.39 is 0 Å². The minimum absolute atomic E-state index is 0.103. The van der Waals surface area contributed by atoms with Crippen LogP contribution in [-0.4, -0.2) is 20.7 Å². The first kappa shape index (κ1) is 14.1. The second-order valence-corrected chi connectivity index (χ2v) is 6.74. The predicted octanol–water partition coefficient (Wildman–Crippen LogP) is 3.56. The molecule has 0 aromatic carbocycles. The Balaban J connectivity index is 1.58. The van der Waals surface area contributed by atoms with E-state index in [1.54, 1.807) is 22.2 Å². The van der Waals surface area contributed by atoms with Crippen molar-refractivity contribution in [2.45, 2.75) is 12.8 Å². The molecule has 3 aromatic heterocycles. The molecule has 1 aliphatic carbocycles. The summed E-state index contributed by atoms with van der Waals surface area (Å²) in [5.41, 5.74) is 4.01. The van der Waals surface area contributed by atoms with Crippen molar-refractivity contribution in [2.24, 2.45) is 13.0 Å². The van der Waals surface area contributed by atoms with Crippen LogP contribution in [0.2, 0.25) is 0 Å². The van der Waals surface area contributed by atoms with E-state index in [1.165, 1.54) is 0 Å².